The summed E-state index contributed by atoms with van der Waals surface area (Å²) in [5, 5.41) is 11.6. The number of ketones is 1. The molecule has 1 aromatic rings. The lowest BCUT2D eigenvalue weighted by molar-refractivity contribution is 0.0378. The first-order valence-electron chi connectivity index (χ1n) is 5.70. The largest absolute Gasteiger partial charge is 0.389 e. The van der Waals surface area contributed by atoms with E-state index in [1.807, 2.05) is 18.2 Å². The van der Waals surface area contributed by atoms with Crippen molar-refractivity contribution in [1.29, 1.82) is 0 Å². The third kappa shape index (κ3) is 1.55. The lowest BCUT2D eigenvalue weighted by atomic mass is 9.84. The predicted molar refractivity (Wildman–Crippen MR) is 65.5 cm³/mol. The van der Waals surface area contributed by atoms with E-state index < -0.39 is 11.6 Å². The number of carbonyl (C=O) groups is 1. The molecule has 0 aliphatic carbocycles. The van der Waals surface area contributed by atoms with Crippen LogP contribution in [0, 0.1) is 0 Å². The van der Waals surface area contributed by atoms with Crippen LogP contribution in [0.5, 0.6) is 0 Å². The molecule has 2 unspecified atom stereocenters. The van der Waals surface area contributed by atoms with Crippen LogP contribution in [0.1, 0.15) is 16.8 Å². The summed E-state index contributed by atoms with van der Waals surface area (Å²) >= 11 is 0. The Bertz CT molecular complexity index is 529. The van der Waals surface area contributed by atoms with Crippen LogP contribution in [0.25, 0.3) is 0 Å². The van der Waals surface area contributed by atoms with Gasteiger partial charge in [0.1, 0.15) is 0 Å². The van der Waals surface area contributed by atoms with Gasteiger partial charge in [-0.2, -0.15) is 10.2 Å². The average molecular weight is 241 g/mol. The minimum atomic E-state index is -1.07. The molecule has 0 bridgehead atoms. The molecule has 18 heavy (non-hydrogen) atoms. The molecule has 1 aromatic carbocycles. The molecule has 2 aliphatic heterocycles. The van der Waals surface area contributed by atoms with Gasteiger partial charge in [-0.05, 0) is 6.08 Å². The van der Waals surface area contributed by atoms with Crippen molar-refractivity contribution in [2.24, 2.45) is 15.4 Å². The van der Waals surface area contributed by atoms with Gasteiger partial charge in [-0.15, -0.1) is 0 Å². The molecule has 5 heteroatoms. The van der Waals surface area contributed by atoms with E-state index in [0.717, 1.165) is 0 Å². The monoisotopic (exact) mass is 241 g/mol. The van der Waals surface area contributed by atoms with Gasteiger partial charge in [-0.25, -0.2) is 0 Å². The molecule has 0 N–H and O–H groups in total. The highest BCUT2D eigenvalue weighted by Gasteiger charge is 2.49. The smallest absolute Gasteiger partial charge is 0.204 e. The van der Waals surface area contributed by atoms with Crippen molar-refractivity contribution in [2.45, 2.75) is 18.1 Å². The minimum Gasteiger partial charge on any atom is -0.389 e. The average Bonchev–Trinajstić information content (AvgIpc) is 3.10. The van der Waals surface area contributed by atoms with Gasteiger partial charge in [0.25, 0.3) is 0 Å². The summed E-state index contributed by atoms with van der Waals surface area (Å²) in [5.74, 6) is -0.115. The Kier molecular flexibility index (Phi) is 2.51. The van der Waals surface area contributed by atoms with Crippen molar-refractivity contribution in [3.63, 3.8) is 0 Å². The topological polar surface area (TPSA) is 63.4 Å². The Morgan fingerprint density at radius 3 is 2.78 bits per heavy atom. The molecule has 0 saturated heterocycles. The number of carbonyl (C=O) groups excluding carboxylic acids is 1. The van der Waals surface area contributed by atoms with Crippen molar-refractivity contribution in [3.8, 4) is 0 Å². The lowest BCUT2D eigenvalue weighted by Gasteiger charge is -2.25. The third-order valence-corrected chi connectivity index (χ3v) is 3.09. The SMILES string of the molecule is O=C(c1ccccc1)C1(C2CC=NO2)C=CN=N1. The first-order valence-corrected chi connectivity index (χ1v) is 5.70. The summed E-state index contributed by atoms with van der Waals surface area (Å²) in [4.78, 5) is 17.8. The van der Waals surface area contributed by atoms with Gasteiger partial charge in [0.15, 0.2) is 11.9 Å². The van der Waals surface area contributed by atoms with Crippen LogP contribution in [0.2, 0.25) is 0 Å². The van der Waals surface area contributed by atoms with Gasteiger partial charge in [0.05, 0.1) is 0 Å². The fraction of sp³-hybridized carbons (Fsp3) is 0.231. The zero-order chi connectivity index (χ0) is 12.4. The Balaban J connectivity index is 1.98. The molecular weight excluding hydrogens is 230 g/mol. The maximum Gasteiger partial charge on any atom is 0.204 e. The number of hydrogen-bond acceptors (Lipinski definition) is 5. The van der Waals surface area contributed by atoms with Gasteiger partial charge in [-0.3, -0.25) is 4.79 Å². The van der Waals surface area contributed by atoms with Crippen LogP contribution in [0.15, 0.2) is 58.0 Å². The quantitative estimate of drug-likeness (QED) is 0.762. The summed E-state index contributed by atoms with van der Waals surface area (Å²) in [5.41, 5.74) is -0.476. The van der Waals surface area contributed by atoms with Gasteiger partial charge in [0, 0.05) is 24.4 Å². The van der Waals surface area contributed by atoms with E-state index in [2.05, 4.69) is 15.4 Å². The molecule has 0 fully saturated rings. The molecule has 0 saturated carbocycles. The van der Waals surface area contributed by atoms with Crippen molar-refractivity contribution in [2.75, 3.05) is 0 Å². The molecule has 3 rings (SSSR count). The normalized spacial score (nSPS) is 28.6. The summed E-state index contributed by atoms with van der Waals surface area (Å²) < 4.78 is 0. The van der Waals surface area contributed by atoms with E-state index in [0.29, 0.717) is 12.0 Å². The Hall–Kier alpha value is -2.30. The van der Waals surface area contributed by atoms with Gasteiger partial charge in [0.2, 0.25) is 5.54 Å². The number of benzene rings is 1. The van der Waals surface area contributed by atoms with Crippen LogP contribution in [-0.2, 0) is 4.84 Å². The predicted octanol–water partition coefficient (Wildman–Crippen LogP) is 2.36. The summed E-state index contributed by atoms with van der Waals surface area (Å²) in [6.45, 7) is 0. The number of oxime groups is 1. The highest BCUT2D eigenvalue weighted by Crippen LogP contribution is 2.33. The van der Waals surface area contributed by atoms with E-state index in [1.165, 1.54) is 6.20 Å². The fourth-order valence-electron chi connectivity index (χ4n) is 2.13. The van der Waals surface area contributed by atoms with Crippen molar-refractivity contribution in [1.82, 2.24) is 0 Å². The third-order valence-electron chi connectivity index (χ3n) is 3.09. The molecule has 5 nitrogen and oxygen atoms in total. The van der Waals surface area contributed by atoms with E-state index in [4.69, 9.17) is 4.84 Å². The molecule has 0 amide bonds. The highest BCUT2D eigenvalue weighted by atomic mass is 16.6. The number of hydrogen-bond donors (Lipinski definition) is 0. The van der Waals surface area contributed by atoms with E-state index >= 15 is 0 Å². The Morgan fingerprint density at radius 2 is 2.17 bits per heavy atom. The molecule has 0 spiro atoms. The van der Waals surface area contributed by atoms with Gasteiger partial charge in [-0.1, -0.05) is 35.5 Å². The number of rotatable bonds is 3. The van der Waals surface area contributed by atoms with Crippen LogP contribution < -0.4 is 0 Å². The molecule has 2 heterocycles. The molecule has 0 radical (unpaired) electrons. The zero-order valence-electron chi connectivity index (χ0n) is 9.56. The minimum absolute atomic E-state index is 0.115. The highest BCUT2D eigenvalue weighted by molar-refractivity contribution is 6.05. The van der Waals surface area contributed by atoms with Crippen LogP contribution >= 0.6 is 0 Å². The number of azo groups is 1. The second-order valence-electron chi connectivity index (χ2n) is 4.17. The molecule has 2 atom stereocenters. The first kappa shape index (κ1) is 10.8. The second kappa shape index (κ2) is 4.18. The summed E-state index contributed by atoms with van der Waals surface area (Å²) in [6, 6.07) is 9.04. The first-order chi connectivity index (χ1) is 8.83. The molecule has 0 aromatic heterocycles. The zero-order valence-corrected chi connectivity index (χ0v) is 9.56. The van der Waals surface area contributed by atoms with Crippen molar-refractivity contribution < 1.29 is 9.63 Å². The molecule has 90 valence electrons. The number of Topliss-reactive ketones (excluding diaryl/α,β-unsaturated/α-hetero) is 1. The molecule has 2 aliphatic rings. The van der Waals surface area contributed by atoms with Crippen LogP contribution in [-0.4, -0.2) is 23.6 Å². The lowest BCUT2D eigenvalue weighted by Crippen LogP contribution is -2.45. The fourth-order valence-corrected chi connectivity index (χ4v) is 2.13. The molecular formula is C13H11N3O2. The van der Waals surface area contributed by atoms with Crippen molar-refractivity contribution in [3.05, 3.63) is 48.2 Å². The van der Waals surface area contributed by atoms with Crippen molar-refractivity contribution >= 4 is 12.0 Å². The maximum absolute atomic E-state index is 12.6. The number of nitrogens with zero attached hydrogens (tertiary/aromatic N) is 3. The van der Waals surface area contributed by atoms with Gasteiger partial charge < -0.3 is 4.84 Å². The van der Waals surface area contributed by atoms with E-state index in [1.54, 1.807) is 24.4 Å². The second-order valence-corrected chi connectivity index (χ2v) is 4.17. The maximum atomic E-state index is 12.6. The van der Waals surface area contributed by atoms with Crippen LogP contribution in [0.3, 0.4) is 0 Å². The van der Waals surface area contributed by atoms with Crippen LogP contribution in [0.4, 0.5) is 0 Å². The van der Waals surface area contributed by atoms with E-state index in [-0.39, 0.29) is 5.78 Å². The van der Waals surface area contributed by atoms with Gasteiger partial charge >= 0.3 is 0 Å². The Labute approximate surface area is 104 Å². The summed E-state index contributed by atoms with van der Waals surface area (Å²) in [6.07, 6.45) is 5.01. The summed E-state index contributed by atoms with van der Waals surface area (Å²) in [7, 11) is 0. The van der Waals surface area contributed by atoms with E-state index in [9.17, 15) is 4.79 Å². The Morgan fingerprint density at radius 1 is 1.33 bits per heavy atom. The standard InChI is InChI=1S/C13H11N3O2/c17-12(10-4-2-1-3-5-10)13(7-9-14-16-13)11-6-8-15-18-11/h1-5,7-9,11H,6H2.